The number of rotatable bonds is 1. The molecule has 0 spiro atoms. The molecule has 0 radical (unpaired) electrons. The van der Waals surface area contributed by atoms with E-state index in [9.17, 15) is 0 Å². The van der Waals surface area contributed by atoms with Gasteiger partial charge in [0.2, 0.25) is 6.23 Å². The zero-order valence-corrected chi connectivity index (χ0v) is 13.9. The highest BCUT2D eigenvalue weighted by molar-refractivity contribution is 6.05. The van der Waals surface area contributed by atoms with E-state index in [2.05, 4.69) is 79.5 Å². The Labute approximate surface area is 137 Å². The molecule has 0 bridgehead atoms. The Hall–Kier alpha value is -2.29. The zero-order chi connectivity index (χ0) is 16.0. The van der Waals surface area contributed by atoms with Gasteiger partial charge in [-0.2, -0.15) is 0 Å². The van der Waals surface area contributed by atoms with Crippen molar-refractivity contribution in [1.29, 1.82) is 0 Å². The topological polar surface area (TPSA) is 24.8 Å². The van der Waals surface area contributed by atoms with Gasteiger partial charge in [0.25, 0.3) is 0 Å². The van der Waals surface area contributed by atoms with Crippen LogP contribution >= 0.6 is 0 Å². The maximum absolute atomic E-state index is 5.94. The standard InChI is InChI=1S/C20H22N2O/c1-14-13-20(2)18(15-9-5-4-6-10-15)21-23-19(20)22(3)17-12-8-7-11-16(14)17/h4-12,14,19H,13H2,1-3H3/t14-,19+,20-/m0/s1. The lowest BCUT2D eigenvalue weighted by molar-refractivity contribution is 0.0290. The Morgan fingerprint density at radius 2 is 1.78 bits per heavy atom. The quantitative estimate of drug-likeness (QED) is 0.780. The minimum absolute atomic E-state index is 0.0659. The second kappa shape index (κ2) is 5.12. The number of hydrogen-bond acceptors (Lipinski definition) is 3. The summed E-state index contributed by atoms with van der Waals surface area (Å²) in [6.07, 6.45) is 0.955. The van der Waals surface area contributed by atoms with Crippen LogP contribution in [0.25, 0.3) is 0 Å². The Balaban J connectivity index is 1.81. The van der Waals surface area contributed by atoms with E-state index in [1.807, 2.05) is 6.07 Å². The Morgan fingerprint density at radius 1 is 1.09 bits per heavy atom. The minimum atomic E-state index is -0.130. The largest absolute Gasteiger partial charge is 0.369 e. The molecule has 2 aromatic carbocycles. The molecule has 0 unspecified atom stereocenters. The molecule has 2 aromatic rings. The molecule has 0 N–H and O–H groups in total. The summed E-state index contributed by atoms with van der Waals surface area (Å²) in [5, 5.41) is 4.50. The van der Waals surface area contributed by atoms with E-state index in [4.69, 9.17) is 4.84 Å². The number of oxime groups is 1. The molecule has 3 atom stereocenters. The van der Waals surface area contributed by atoms with Gasteiger partial charge < -0.3 is 9.74 Å². The molecule has 0 saturated carbocycles. The summed E-state index contributed by atoms with van der Waals surface area (Å²) < 4.78 is 0. The summed E-state index contributed by atoms with van der Waals surface area (Å²) in [5.74, 6) is 0.458. The second-order valence-electron chi connectivity index (χ2n) is 6.96. The van der Waals surface area contributed by atoms with Crippen LogP contribution in [0.4, 0.5) is 5.69 Å². The monoisotopic (exact) mass is 306 g/mol. The molecule has 3 heteroatoms. The highest BCUT2D eigenvalue weighted by Crippen LogP contribution is 2.49. The molecular weight excluding hydrogens is 284 g/mol. The maximum Gasteiger partial charge on any atom is 0.210 e. The van der Waals surface area contributed by atoms with Crippen LogP contribution in [-0.4, -0.2) is 19.0 Å². The predicted molar refractivity (Wildman–Crippen MR) is 93.8 cm³/mol. The van der Waals surface area contributed by atoms with Crippen molar-refractivity contribution in [3.05, 3.63) is 65.7 Å². The van der Waals surface area contributed by atoms with E-state index in [0.29, 0.717) is 5.92 Å². The summed E-state index contributed by atoms with van der Waals surface area (Å²) in [6.45, 7) is 4.59. The van der Waals surface area contributed by atoms with Crippen molar-refractivity contribution < 1.29 is 4.84 Å². The molecule has 2 heterocycles. The Kier molecular flexibility index (Phi) is 3.19. The highest BCUT2D eigenvalue weighted by atomic mass is 16.7. The van der Waals surface area contributed by atoms with Gasteiger partial charge in [-0.15, -0.1) is 0 Å². The van der Waals surface area contributed by atoms with Gasteiger partial charge in [0.15, 0.2) is 0 Å². The van der Waals surface area contributed by atoms with Crippen LogP contribution in [0.3, 0.4) is 0 Å². The van der Waals surface area contributed by atoms with Crippen molar-refractivity contribution in [2.75, 3.05) is 11.9 Å². The molecular formula is C20H22N2O. The third-order valence-electron chi connectivity index (χ3n) is 5.31. The maximum atomic E-state index is 5.94. The summed E-state index contributed by atoms with van der Waals surface area (Å²) in [7, 11) is 2.11. The fourth-order valence-electron chi connectivity index (χ4n) is 4.21. The van der Waals surface area contributed by atoms with Gasteiger partial charge in [0, 0.05) is 18.3 Å². The van der Waals surface area contributed by atoms with Crippen molar-refractivity contribution in [2.24, 2.45) is 10.6 Å². The smallest absolute Gasteiger partial charge is 0.210 e. The van der Waals surface area contributed by atoms with Crippen LogP contribution in [0, 0.1) is 5.41 Å². The normalized spacial score (nSPS) is 29.2. The number of para-hydroxylation sites is 1. The molecule has 118 valence electrons. The minimum Gasteiger partial charge on any atom is -0.369 e. The molecule has 4 rings (SSSR count). The van der Waals surface area contributed by atoms with Crippen LogP contribution in [0.5, 0.6) is 0 Å². The Morgan fingerprint density at radius 3 is 2.57 bits per heavy atom. The second-order valence-corrected chi connectivity index (χ2v) is 6.96. The Bertz CT molecular complexity index is 755. The van der Waals surface area contributed by atoms with E-state index < -0.39 is 0 Å². The van der Waals surface area contributed by atoms with E-state index >= 15 is 0 Å². The first kappa shape index (κ1) is 14.3. The van der Waals surface area contributed by atoms with E-state index in [-0.39, 0.29) is 11.6 Å². The van der Waals surface area contributed by atoms with Crippen LogP contribution in [0.1, 0.15) is 37.3 Å². The molecule has 2 aliphatic heterocycles. The average molecular weight is 306 g/mol. The molecule has 2 aliphatic rings. The lowest BCUT2D eigenvalue weighted by Gasteiger charge is -2.35. The fourth-order valence-corrected chi connectivity index (χ4v) is 4.21. The molecule has 0 amide bonds. The zero-order valence-electron chi connectivity index (χ0n) is 13.9. The van der Waals surface area contributed by atoms with Gasteiger partial charge >= 0.3 is 0 Å². The summed E-state index contributed by atoms with van der Waals surface area (Å²) >= 11 is 0. The first-order chi connectivity index (χ1) is 11.1. The first-order valence-electron chi connectivity index (χ1n) is 8.23. The summed E-state index contributed by atoms with van der Waals surface area (Å²) in [6, 6.07) is 19.1. The predicted octanol–water partition coefficient (Wildman–Crippen LogP) is 4.40. The molecule has 23 heavy (non-hydrogen) atoms. The van der Waals surface area contributed by atoms with Crippen LogP contribution in [0.2, 0.25) is 0 Å². The van der Waals surface area contributed by atoms with Gasteiger partial charge in [0.1, 0.15) is 0 Å². The molecule has 0 saturated heterocycles. The van der Waals surface area contributed by atoms with E-state index in [1.165, 1.54) is 11.3 Å². The van der Waals surface area contributed by atoms with Gasteiger partial charge in [0.05, 0.1) is 11.1 Å². The lowest BCUT2D eigenvalue weighted by Crippen LogP contribution is -2.46. The van der Waals surface area contributed by atoms with Gasteiger partial charge in [-0.3, -0.25) is 0 Å². The summed E-state index contributed by atoms with van der Waals surface area (Å²) in [5.41, 5.74) is 4.73. The van der Waals surface area contributed by atoms with Crippen LogP contribution in [0.15, 0.2) is 59.8 Å². The van der Waals surface area contributed by atoms with Crippen molar-refractivity contribution in [1.82, 2.24) is 0 Å². The number of anilines is 1. The summed E-state index contributed by atoms with van der Waals surface area (Å²) in [4.78, 5) is 8.19. The highest BCUT2D eigenvalue weighted by Gasteiger charge is 2.51. The molecule has 0 fully saturated rings. The first-order valence-corrected chi connectivity index (χ1v) is 8.23. The number of benzene rings is 2. The fraction of sp³-hybridized carbons (Fsp3) is 0.350. The third-order valence-corrected chi connectivity index (χ3v) is 5.31. The van der Waals surface area contributed by atoms with Crippen molar-refractivity contribution in [2.45, 2.75) is 32.4 Å². The third kappa shape index (κ3) is 2.07. The SMILES string of the molecule is C[C@H]1C[C@@]2(C)C(c3ccccc3)=NO[C@H]2N(C)c2ccccc21. The lowest BCUT2D eigenvalue weighted by atomic mass is 9.73. The van der Waals surface area contributed by atoms with Gasteiger partial charge in [-0.25, -0.2) is 0 Å². The molecule has 3 nitrogen and oxygen atoms in total. The van der Waals surface area contributed by atoms with Crippen LogP contribution < -0.4 is 4.90 Å². The van der Waals surface area contributed by atoms with Crippen molar-refractivity contribution in [3.63, 3.8) is 0 Å². The van der Waals surface area contributed by atoms with E-state index in [1.54, 1.807) is 0 Å². The number of fused-ring (bicyclic) bond motifs is 2. The molecule has 0 aromatic heterocycles. The van der Waals surface area contributed by atoms with E-state index in [0.717, 1.165) is 17.7 Å². The number of nitrogens with zero attached hydrogens (tertiary/aromatic N) is 2. The van der Waals surface area contributed by atoms with Gasteiger partial charge in [-0.1, -0.05) is 60.6 Å². The molecule has 0 aliphatic carbocycles. The average Bonchev–Trinajstić information content (AvgIpc) is 2.88. The van der Waals surface area contributed by atoms with Crippen LogP contribution in [-0.2, 0) is 4.84 Å². The van der Waals surface area contributed by atoms with Crippen molar-refractivity contribution in [3.8, 4) is 0 Å². The number of hydrogen-bond donors (Lipinski definition) is 0. The van der Waals surface area contributed by atoms with Gasteiger partial charge in [-0.05, 0) is 30.9 Å². The van der Waals surface area contributed by atoms with Crippen molar-refractivity contribution >= 4 is 11.4 Å².